The van der Waals surface area contributed by atoms with Crippen LogP contribution >= 0.6 is 12.4 Å². The SMILES string of the molecule is COCC1(C(=O)Nc2cccn(Cc3ccc(F)cc3)c2=O)CCNCC1.Cl. The van der Waals surface area contributed by atoms with Gasteiger partial charge in [-0.2, -0.15) is 0 Å². The summed E-state index contributed by atoms with van der Waals surface area (Å²) in [5.74, 6) is -0.514. The van der Waals surface area contributed by atoms with E-state index in [1.807, 2.05) is 0 Å². The smallest absolute Gasteiger partial charge is 0.274 e. The van der Waals surface area contributed by atoms with Crippen LogP contribution in [0.4, 0.5) is 10.1 Å². The third-order valence-electron chi connectivity index (χ3n) is 5.00. The second-order valence-corrected chi connectivity index (χ2v) is 6.90. The molecule has 0 radical (unpaired) electrons. The van der Waals surface area contributed by atoms with Gasteiger partial charge >= 0.3 is 0 Å². The fourth-order valence-corrected chi connectivity index (χ4v) is 3.42. The lowest BCUT2D eigenvalue weighted by atomic mass is 9.78. The lowest BCUT2D eigenvalue weighted by Crippen LogP contribution is -2.48. The van der Waals surface area contributed by atoms with Crippen molar-refractivity contribution in [1.29, 1.82) is 0 Å². The normalized spacial score (nSPS) is 15.5. The topological polar surface area (TPSA) is 72.4 Å². The molecule has 6 nitrogen and oxygen atoms in total. The monoisotopic (exact) mass is 409 g/mol. The number of aromatic nitrogens is 1. The van der Waals surface area contributed by atoms with E-state index in [1.165, 1.54) is 16.7 Å². The lowest BCUT2D eigenvalue weighted by Gasteiger charge is -2.35. The van der Waals surface area contributed by atoms with E-state index < -0.39 is 5.41 Å². The number of carbonyl (C=O) groups is 1. The van der Waals surface area contributed by atoms with Gasteiger partial charge in [0.2, 0.25) is 5.91 Å². The summed E-state index contributed by atoms with van der Waals surface area (Å²) in [7, 11) is 1.58. The number of nitrogens with zero attached hydrogens (tertiary/aromatic N) is 1. The molecular formula is C20H25ClFN3O3. The summed E-state index contributed by atoms with van der Waals surface area (Å²) in [6, 6.07) is 9.30. The average molecular weight is 410 g/mol. The Morgan fingerprint density at radius 3 is 2.57 bits per heavy atom. The standard InChI is InChI=1S/C20H24FN3O3.ClH/c1-27-14-20(8-10-22-11-9-20)19(26)23-17-3-2-12-24(18(17)25)13-15-4-6-16(21)7-5-15;/h2-7,12,22H,8-11,13-14H2,1H3,(H,23,26);1H. The van der Waals surface area contributed by atoms with Crippen LogP contribution in [-0.2, 0) is 16.1 Å². The molecule has 1 aromatic heterocycles. The van der Waals surface area contributed by atoms with Crippen molar-refractivity contribution in [2.45, 2.75) is 19.4 Å². The predicted molar refractivity (Wildman–Crippen MR) is 108 cm³/mol. The van der Waals surface area contributed by atoms with Crippen molar-refractivity contribution >= 4 is 24.0 Å². The highest BCUT2D eigenvalue weighted by Crippen LogP contribution is 2.30. The minimum Gasteiger partial charge on any atom is -0.384 e. The first-order valence-electron chi connectivity index (χ1n) is 8.99. The van der Waals surface area contributed by atoms with Crippen molar-refractivity contribution in [3.8, 4) is 0 Å². The number of ether oxygens (including phenoxy) is 1. The highest BCUT2D eigenvalue weighted by atomic mass is 35.5. The first kappa shape index (κ1) is 22.1. The van der Waals surface area contributed by atoms with Crippen molar-refractivity contribution in [2.75, 3.05) is 32.1 Å². The maximum absolute atomic E-state index is 13.1. The van der Waals surface area contributed by atoms with E-state index in [0.717, 1.165) is 18.7 Å². The van der Waals surface area contributed by atoms with Gasteiger partial charge in [0.25, 0.3) is 5.56 Å². The fourth-order valence-electron chi connectivity index (χ4n) is 3.42. The molecule has 0 aliphatic carbocycles. The Labute approximate surface area is 169 Å². The van der Waals surface area contributed by atoms with Gasteiger partial charge in [-0.15, -0.1) is 12.4 Å². The van der Waals surface area contributed by atoms with Crippen LogP contribution < -0.4 is 16.2 Å². The molecule has 2 N–H and O–H groups in total. The summed E-state index contributed by atoms with van der Waals surface area (Å²) in [6.45, 7) is 2.09. The number of nitrogens with one attached hydrogen (secondary N) is 2. The van der Waals surface area contributed by atoms with Crippen LogP contribution in [0.15, 0.2) is 47.4 Å². The Hall–Kier alpha value is -2.22. The van der Waals surface area contributed by atoms with E-state index in [9.17, 15) is 14.0 Å². The first-order valence-corrected chi connectivity index (χ1v) is 8.99. The predicted octanol–water partition coefficient (Wildman–Crippen LogP) is 2.41. The summed E-state index contributed by atoms with van der Waals surface area (Å²) in [4.78, 5) is 25.7. The highest BCUT2D eigenvalue weighted by molar-refractivity contribution is 5.95. The van der Waals surface area contributed by atoms with Gasteiger partial charge in [0.15, 0.2) is 0 Å². The molecule has 0 bridgehead atoms. The van der Waals surface area contributed by atoms with E-state index in [-0.39, 0.29) is 35.4 Å². The summed E-state index contributed by atoms with van der Waals surface area (Å²) in [5, 5.41) is 6.04. The van der Waals surface area contributed by atoms with Gasteiger partial charge in [-0.25, -0.2) is 4.39 Å². The molecule has 0 unspecified atom stereocenters. The number of hydrogen-bond acceptors (Lipinski definition) is 4. The minimum absolute atomic E-state index is 0. The Bertz CT molecular complexity index is 843. The van der Waals surface area contributed by atoms with E-state index in [4.69, 9.17) is 4.74 Å². The molecule has 1 aliphatic heterocycles. The quantitative estimate of drug-likeness (QED) is 0.768. The second kappa shape index (κ2) is 9.82. The van der Waals surface area contributed by atoms with Crippen molar-refractivity contribution in [1.82, 2.24) is 9.88 Å². The summed E-state index contributed by atoms with van der Waals surface area (Å²) < 4.78 is 19.8. The molecule has 1 saturated heterocycles. The Morgan fingerprint density at radius 1 is 1.25 bits per heavy atom. The summed E-state index contributed by atoms with van der Waals surface area (Å²) in [5.41, 5.74) is 0.107. The number of rotatable bonds is 6. The third kappa shape index (κ3) is 4.98. The molecule has 2 aromatic rings. The molecular weight excluding hydrogens is 385 g/mol. The van der Waals surface area contributed by atoms with Gasteiger partial charge in [0.05, 0.1) is 18.6 Å². The van der Waals surface area contributed by atoms with E-state index in [0.29, 0.717) is 26.0 Å². The second-order valence-electron chi connectivity index (χ2n) is 6.90. The number of halogens is 2. The molecule has 1 aromatic carbocycles. The zero-order chi connectivity index (χ0) is 19.3. The van der Waals surface area contributed by atoms with Crippen LogP contribution in [0.5, 0.6) is 0 Å². The third-order valence-corrected chi connectivity index (χ3v) is 5.00. The van der Waals surface area contributed by atoms with Crippen molar-refractivity contribution in [3.05, 3.63) is 64.3 Å². The number of anilines is 1. The number of amides is 1. The number of piperidine rings is 1. The van der Waals surface area contributed by atoms with Gasteiger partial charge in [0, 0.05) is 13.3 Å². The average Bonchev–Trinajstić information content (AvgIpc) is 2.67. The molecule has 1 fully saturated rings. The van der Waals surface area contributed by atoms with Crippen molar-refractivity contribution in [2.24, 2.45) is 5.41 Å². The maximum atomic E-state index is 13.1. The van der Waals surface area contributed by atoms with Gasteiger partial charge in [-0.05, 0) is 55.8 Å². The minimum atomic E-state index is -0.635. The van der Waals surface area contributed by atoms with Crippen LogP contribution in [0.3, 0.4) is 0 Å². The Balaban J connectivity index is 0.00000280. The molecule has 3 rings (SSSR count). The Kier molecular flexibility index (Phi) is 7.74. The molecule has 152 valence electrons. The molecule has 1 aliphatic rings. The van der Waals surface area contributed by atoms with E-state index in [2.05, 4.69) is 10.6 Å². The van der Waals surface area contributed by atoms with Crippen LogP contribution in [0.1, 0.15) is 18.4 Å². The molecule has 28 heavy (non-hydrogen) atoms. The number of methoxy groups -OCH3 is 1. The number of pyridine rings is 1. The van der Waals surface area contributed by atoms with Crippen LogP contribution in [0.2, 0.25) is 0 Å². The van der Waals surface area contributed by atoms with Crippen LogP contribution in [0.25, 0.3) is 0 Å². The largest absolute Gasteiger partial charge is 0.384 e. The number of carbonyl (C=O) groups excluding carboxylic acids is 1. The molecule has 1 amide bonds. The summed E-state index contributed by atoms with van der Waals surface area (Å²) >= 11 is 0. The Morgan fingerprint density at radius 2 is 1.93 bits per heavy atom. The maximum Gasteiger partial charge on any atom is 0.274 e. The first-order chi connectivity index (χ1) is 13.0. The molecule has 0 atom stereocenters. The van der Waals surface area contributed by atoms with E-state index >= 15 is 0 Å². The number of benzene rings is 1. The molecule has 0 saturated carbocycles. The van der Waals surface area contributed by atoms with Gasteiger partial charge < -0.3 is 19.9 Å². The lowest BCUT2D eigenvalue weighted by molar-refractivity contribution is -0.130. The van der Waals surface area contributed by atoms with Gasteiger partial charge in [0.1, 0.15) is 11.5 Å². The van der Waals surface area contributed by atoms with Crippen LogP contribution in [-0.4, -0.2) is 37.3 Å². The molecule has 0 spiro atoms. The number of hydrogen-bond donors (Lipinski definition) is 2. The van der Waals surface area contributed by atoms with E-state index in [1.54, 1.807) is 37.6 Å². The van der Waals surface area contributed by atoms with Gasteiger partial charge in [-0.3, -0.25) is 9.59 Å². The van der Waals surface area contributed by atoms with Crippen LogP contribution in [0, 0.1) is 11.2 Å². The van der Waals surface area contributed by atoms with Crippen molar-refractivity contribution in [3.63, 3.8) is 0 Å². The highest BCUT2D eigenvalue weighted by Gasteiger charge is 2.39. The van der Waals surface area contributed by atoms with Gasteiger partial charge in [-0.1, -0.05) is 12.1 Å². The molecule has 8 heteroatoms. The zero-order valence-electron chi connectivity index (χ0n) is 15.7. The zero-order valence-corrected chi connectivity index (χ0v) is 16.6. The molecule has 2 heterocycles. The summed E-state index contributed by atoms with van der Waals surface area (Å²) in [6.07, 6.45) is 2.96. The van der Waals surface area contributed by atoms with Crippen molar-refractivity contribution < 1.29 is 13.9 Å². The fraction of sp³-hybridized carbons (Fsp3) is 0.400.